The summed E-state index contributed by atoms with van der Waals surface area (Å²) in [6, 6.07) is 10.6. The quantitative estimate of drug-likeness (QED) is 0.511. The molecule has 30 heavy (non-hydrogen) atoms. The average molecular weight is 425 g/mol. The van der Waals surface area contributed by atoms with Crippen molar-refractivity contribution in [1.29, 1.82) is 0 Å². The molecule has 0 saturated heterocycles. The third-order valence-electron chi connectivity index (χ3n) is 5.06. The third-order valence-corrected chi connectivity index (χ3v) is 6.26. The van der Waals surface area contributed by atoms with Crippen LogP contribution in [0.2, 0.25) is 0 Å². The van der Waals surface area contributed by atoms with Crippen molar-refractivity contribution in [2.24, 2.45) is 0 Å². The van der Waals surface area contributed by atoms with Gasteiger partial charge in [-0.15, -0.1) is 11.3 Å². The molecule has 6 nitrogen and oxygen atoms in total. The van der Waals surface area contributed by atoms with Gasteiger partial charge in [0.15, 0.2) is 5.76 Å². The van der Waals surface area contributed by atoms with Crippen LogP contribution in [0.25, 0.3) is 0 Å². The number of aryl methyl sites for hydroxylation is 1. The van der Waals surface area contributed by atoms with Crippen LogP contribution in [0.1, 0.15) is 57.5 Å². The number of rotatable bonds is 6. The van der Waals surface area contributed by atoms with Crippen molar-refractivity contribution in [3.63, 3.8) is 0 Å². The Hall–Kier alpha value is -3.06. The second-order valence-corrected chi connectivity index (χ2v) is 8.19. The van der Waals surface area contributed by atoms with E-state index in [2.05, 4.69) is 10.6 Å². The molecule has 2 heterocycles. The van der Waals surface area contributed by atoms with Gasteiger partial charge in [0.05, 0.1) is 24.1 Å². The van der Waals surface area contributed by atoms with E-state index in [1.54, 1.807) is 12.1 Å². The van der Waals surface area contributed by atoms with Gasteiger partial charge in [-0.3, -0.25) is 9.59 Å². The summed E-state index contributed by atoms with van der Waals surface area (Å²) in [7, 11) is 0. The number of carbonyl (C=O) groups is 2. The van der Waals surface area contributed by atoms with Gasteiger partial charge in [0.25, 0.3) is 11.8 Å². The van der Waals surface area contributed by atoms with Gasteiger partial charge in [-0.1, -0.05) is 18.6 Å². The molecule has 1 aliphatic carbocycles. The van der Waals surface area contributed by atoms with E-state index in [1.165, 1.54) is 22.5 Å². The zero-order chi connectivity index (χ0) is 20.9. The molecular weight excluding hydrogens is 400 g/mol. The van der Waals surface area contributed by atoms with E-state index in [0.29, 0.717) is 28.6 Å². The highest BCUT2D eigenvalue weighted by Gasteiger charge is 2.27. The zero-order valence-corrected chi connectivity index (χ0v) is 17.6. The topological polar surface area (TPSA) is 80.6 Å². The largest absolute Gasteiger partial charge is 0.492 e. The Morgan fingerprint density at radius 2 is 1.87 bits per heavy atom. The molecule has 0 spiro atoms. The summed E-state index contributed by atoms with van der Waals surface area (Å²) < 4.78 is 10.8. The van der Waals surface area contributed by atoms with E-state index >= 15 is 0 Å². The molecule has 0 saturated carbocycles. The predicted molar refractivity (Wildman–Crippen MR) is 118 cm³/mol. The Morgan fingerprint density at radius 1 is 1.03 bits per heavy atom. The molecule has 1 aromatic carbocycles. The lowest BCUT2D eigenvalue weighted by molar-refractivity contribution is 0.0997. The summed E-state index contributed by atoms with van der Waals surface area (Å²) >= 11 is 1.49. The van der Waals surface area contributed by atoms with Crippen LogP contribution >= 0.6 is 11.3 Å². The molecule has 0 fully saturated rings. The van der Waals surface area contributed by atoms with Gasteiger partial charge in [0, 0.05) is 4.88 Å². The summed E-state index contributed by atoms with van der Waals surface area (Å²) in [5.74, 6) is 0.235. The van der Waals surface area contributed by atoms with E-state index in [4.69, 9.17) is 9.15 Å². The number of benzene rings is 1. The molecule has 0 unspecified atom stereocenters. The Morgan fingerprint density at radius 3 is 2.67 bits per heavy atom. The maximum atomic E-state index is 13.4. The maximum Gasteiger partial charge on any atom is 0.291 e. The van der Waals surface area contributed by atoms with Crippen LogP contribution in [-0.4, -0.2) is 18.4 Å². The molecule has 7 heteroatoms. The first-order valence-corrected chi connectivity index (χ1v) is 11.0. The lowest BCUT2D eigenvalue weighted by Crippen LogP contribution is -2.18. The smallest absolute Gasteiger partial charge is 0.291 e. The molecule has 4 rings (SSSR count). The monoisotopic (exact) mass is 424 g/mol. The number of fused-ring (bicyclic) bond motifs is 1. The minimum Gasteiger partial charge on any atom is -0.492 e. The highest BCUT2D eigenvalue weighted by atomic mass is 32.1. The minimum atomic E-state index is -0.361. The van der Waals surface area contributed by atoms with E-state index in [9.17, 15) is 9.59 Å². The Kier molecular flexibility index (Phi) is 6.18. The molecular formula is C23H24N2O4S. The first-order chi connectivity index (χ1) is 14.7. The number of carbonyl (C=O) groups excluding carboxylic acids is 2. The van der Waals surface area contributed by atoms with Crippen molar-refractivity contribution in [3.05, 3.63) is 64.4 Å². The fraction of sp³-hybridized carbons (Fsp3) is 0.304. The number of ether oxygens (including phenoxy) is 1. The molecule has 2 aromatic heterocycles. The summed E-state index contributed by atoms with van der Waals surface area (Å²) in [5, 5.41) is 6.44. The second kappa shape index (κ2) is 9.17. The predicted octanol–water partition coefficient (Wildman–Crippen LogP) is 5.51. The van der Waals surface area contributed by atoms with Gasteiger partial charge in [0.2, 0.25) is 0 Å². The van der Waals surface area contributed by atoms with Crippen molar-refractivity contribution in [3.8, 4) is 5.75 Å². The van der Waals surface area contributed by atoms with Crippen molar-refractivity contribution < 1.29 is 18.7 Å². The summed E-state index contributed by atoms with van der Waals surface area (Å²) in [6.45, 7) is 2.41. The number of hydrogen-bond donors (Lipinski definition) is 2. The highest BCUT2D eigenvalue weighted by molar-refractivity contribution is 7.17. The number of furan rings is 1. The molecule has 0 bridgehead atoms. The van der Waals surface area contributed by atoms with Crippen molar-refractivity contribution in [2.75, 3.05) is 17.2 Å². The van der Waals surface area contributed by atoms with Gasteiger partial charge >= 0.3 is 0 Å². The zero-order valence-electron chi connectivity index (χ0n) is 16.8. The van der Waals surface area contributed by atoms with Gasteiger partial charge in [-0.05, 0) is 62.4 Å². The first kappa shape index (κ1) is 20.2. The lowest BCUT2D eigenvalue weighted by Gasteiger charge is -2.13. The van der Waals surface area contributed by atoms with Crippen molar-refractivity contribution in [2.45, 2.75) is 39.0 Å². The van der Waals surface area contributed by atoms with E-state index in [-0.39, 0.29) is 17.6 Å². The highest BCUT2D eigenvalue weighted by Crippen LogP contribution is 2.38. The summed E-state index contributed by atoms with van der Waals surface area (Å²) in [4.78, 5) is 27.1. The van der Waals surface area contributed by atoms with Crippen LogP contribution in [0.3, 0.4) is 0 Å². The fourth-order valence-corrected chi connectivity index (χ4v) is 4.96. The van der Waals surface area contributed by atoms with Gasteiger partial charge < -0.3 is 19.8 Å². The lowest BCUT2D eigenvalue weighted by atomic mass is 10.0. The fourth-order valence-electron chi connectivity index (χ4n) is 3.68. The number of para-hydroxylation sites is 2. The van der Waals surface area contributed by atoms with Crippen molar-refractivity contribution >= 4 is 33.8 Å². The van der Waals surface area contributed by atoms with Crippen LogP contribution in [0.5, 0.6) is 5.75 Å². The van der Waals surface area contributed by atoms with Crippen LogP contribution in [0.15, 0.2) is 47.1 Å². The molecule has 2 amide bonds. The molecule has 2 N–H and O–H groups in total. The number of anilines is 2. The Balaban J connectivity index is 1.67. The average Bonchev–Trinajstić information content (AvgIpc) is 3.33. The molecule has 156 valence electrons. The molecule has 0 aliphatic heterocycles. The number of amides is 2. The summed E-state index contributed by atoms with van der Waals surface area (Å²) in [6.07, 6.45) is 6.48. The van der Waals surface area contributed by atoms with Gasteiger partial charge in [-0.25, -0.2) is 0 Å². The minimum absolute atomic E-state index is 0.214. The van der Waals surface area contributed by atoms with Crippen molar-refractivity contribution in [1.82, 2.24) is 0 Å². The van der Waals surface area contributed by atoms with Gasteiger partial charge in [0.1, 0.15) is 10.8 Å². The van der Waals surface area contributed by atoms with E-state index < -0.39 is 0 Å². The molecule has 0 radical (unpaired) electrons. The number of thiophene rings is 1. The SMILES string of the molecule is CCOc1ccccc1NC(=O)c1c(NC(=O)c2ccco2)sc2c1CCCCC2. The van der Waals surface area contributed by atoms with Crippen LogP contribution in [0, 0.1) is 0 Å². The second-order valence-electron chi connectivity index (χ2n) is 7.08. The Bertz CT molecular complexity index is 1040. The van der Waals surface area contributed by atoms with Crippen LogP contribution in [-0.2, 0) is 12.8 Å². The standard InChI is InChI=1S/C23H24N2O4S/c1-2-28-17-11-7-6-10-16(17)24-22(27)20-15-9-4-3-5-13-19(15)30-23(20)25-21(26)18-12-8-14-29-18/h6-8,10-12,14H,2-5,9,13H2,1H3,(H,24,27)(H,25,26). The van der Waals surface area contributed by atoms with E-state index in [0.717, 1.165) is 37.7 Å². The normalized spacial score (nSPS) is 13.2. The maximum absolute atomic E-state index is 13.4. The van der Waals surface area contributed by atoms with Crippen LogP contribution in [0.4, 0.5) is 10.7 Å². The van der Waals surface area contributed by atoms with Crippen LogP contribution < -0.4 is 15.4 Å². The molecule has 1 aliphatic rings. The third kappa shape index (κ3) is 4.26. The number of hydrogen-bond acceptors (Lipinski definition) is 5. The Labute approximate surface area is 179 Å². The first-order valence-electron chi connectivity index (χ1n) is 10.2. The van der Waals surface area contributed by atoms with E-state index in [1.807, 2.05) is 31.2 Å². The molecule has 3 aromatic rings. The number of nitrogens with one attached hydrogen (secondary N) is 2. The summed E-state index contributed by atoms with van der Waals surface area (Å²) in [5.41, 5.74) is 2.20. The van der Waals surface area contributed by atoms with Gasteiger partial charge in [-0.2, -0.15) is 0 Å². The molecule has 0 atom stereocenters.